The first-order valence-corrected chi connectivity index (χ1v) is 9.46. The van der Waals surface area contributed by atoms with Crippen molar-refractivity contribution in [3.8, 4) is 0 Å². The van der Waals surface area contributed by atoms with Crippen LogP contribution in [0.3, 0.4) is 0 Å². The van der Waals surface area contributed by atoms with Crippen LogP contribution in [0.5, 0.6) is 0 Å². The average molecular weight is 296 g/mol. The fourth-order valence-corrected chi connectivity index (χ4v) is 3.13. The van der Waals surface area contributed by atoms with Crippen LogP contribution >= 0.6 is 0 Å². The molecule has 1 aliphatic rings. The van der Waals surface area contributed by atoms with Gasteiger partial charge in [-0.3, -0.25) is 4.79 Å². The highest BCUT2D eigenvalue weighted by atomic mass is 16.5. The Morgan fingerprint density at radius 2 is 1.52 bits per heavy atom. The number of carbonyl (C=O) groups is 1. The molecular formula is C19H36O2. The molecule has 0 aromatic carbocycles. The van der Waals surface area contributed by atoms with Crippen molar-refractivity contribution in [2.75, 3.05) is 6.61 Å². The van der Waals surface area contributed by atoms with Crippen LogP contribution in [0.25, 0.3) is 0 Å². The maximum atomic E-state index is 11.9. The van der Waals surface area contributed by atoms with E-state index in [0.29, 0.717) is 12.2 Å². The van der Waals surface area contributed by atoms with Gasteiger partial charge < -0.3 is 4.74 Å². The van der Waals surface area contributed by atoms with Crippen molar-refractivity contribution in [2.24, 2.45) is 0 Å². The molecule has 0 radical (unpaired) electrons. The van der Waals surface area contributed by atoms with Gasteiger partial charge in [0, 0.05) is 19.4 Å². The van der Waals surface area contributed by atoms with Crippen LogP contribution in [0.15, 0.2) is 0 Å². The first-order chi connectivity index (χ1) is 10.3. The molecule has 1 unspecified atom stereocenters. The Balaban J connectivity index is 1.81. The molecule has 0 aliphatic carbocycles. The van der Waals surface area contributed by atoms with Gasteiger partial charge in [-0.2, -0.15) is 0 Å². The van der Waals surface area contributed by atoms with Crippen LogP contribution in [0.2, 0.25) is 0 Å². The maximum Gasteiger partial charge on any atom is 0.135 e. The molecule has 0 aromatic rings. The summed E-state index contributed by atoms with van der Waals surface area (Å²) in [5.74, 6) is 0.418. The number of rotatable bonds is 13. The van der Waals surface area contributed by atoms with Crippen molar-refractivity contribution in [2.45, 2.75) is 109 Å². The predicted molar refractivity (Wildman–Crippen MR) is 89.7 cm³/mol. The monoisotopic (exact) mass is 296 g/mol. The summed E-state index contributed by atoms with van der Waals surface area (Å²) < 4.78 is 5.63. The van der Waals surface area contributed by atoms with Crippen molar-refractivity contribution in [3.05, 3.63) is 0 Å². The number of unbranched alkanes of at least 4 members (excludes halogenated alkanes) is 9. The van der Waals surface area contributed by atoms with Gasteiger partial charge in [0.25, 0.3) is 0 Å². The van der Waals surface area contributed by atoms with E-state index in [1.54, 1.807) is 0 Å². The smallest absolute Gasteiger partial charge is 0.135 e. The Labute approximate surface area is 132 Å². The molecule has 0 N–H and O–H groups in total. The van der Waals surface area contributed by atoms with Crippen LogP contribution in [0.4, 0.5) is 0 Å². The molecular weight excluding hydrogens is 260 g/mol. The van der Waals surface area contributed by atoms with Gasteiger partial charge >= 0.3 is 0 Å². The largest absolute Gasteiger partial charge is 0.378 e. The minimum Gasteiger partial charge on any atom is -0.378 e. The van der Waals surface area contributed by atoms with Crippen LogP contribution in [0, 0.1) is 0 Å². The fourth-order valence-electron chi connectivity index (χ4n) is 3.13. The van der Waals surface area contributed by atoms with Crippen molar-refractivity contribution in [1.82, 2.24) is 0 Å². The van der Waals surface area contributed by atoms with Gasteiger partial charge in [0.2, 0.25) is 0 Å². The molecule has 1 heterocycles. The van der Waals surface area contributed by atoms with E-state index in [4.69, 9.17) is 4.74 Å². The number of hydrogen-bond acceptors (Lipinski definition) is 2. The summed E-state index contributed by atoms with van der Waals surface area (Å²) in [4.78, 5) is 11.9. The van der Waals surface area contributed by atoms with E-state index in [2.05, 4.69) is 6.92 Å². The molecule has 2 heteroatoms. The van der Waals surface area contributed by atoms with Gasteiger partial charge in [0.05, 0.1) is 6.10 Å². The van der Waals surface area contributed by atoms with Crippen LogP contribution in [-0.4, -0.2) is 18.5 Å². The second kappa shape index (κ2) is 13.3. The van der Waals surface area contributed by atoms with E-state index in [1.165, 1.54) is 70.6 Å². The molecule has 21 heavy (non-hydrogen) atoms. The lowest BCUT2D eigenvalue weighted by molar-refractivity contribution is -0.122. The second-order valence-electron chi connectivity index (χ2n) is 6.66. The molecule has 2 nitrogen and oxygen atoms in total. The van der Waals surface area contributed by atoms with Gasteiger partial charge in [-0.15, -0.1) is 0 Å². The van der Waals surface area contributed by atoms with E-state index in [9.17, 15) is 4.79 Å². The topological polar surface area (TPSA) is 26.3 Å². The predicted octanol–water partition coefficient (Wildman–Crippen LogP) is 5.83. The standard InChI is InChI=1S/C19H36O2/c1-2-3-4-5-6-7-8-9-10-11-14-18(20)17-19-15-12-13-16-21-19/h19H,2-17H2,1H3. The minimum absolute atomic E-state index is 0.231. The summed E-state index contributed by atoms with van der Waals surface area (Å²) in [6, 6.07) is 0. The van der Waals surface area contributed by atoms with Gasteiger partial charge in [0.15, 0.2) is 0 Å². The zero-order valence-electron chi connectivity index (χ0n) is 14.2. The number of Topliss-reactive ketones (excluding diaryl/α,β-unsaturated/α-hetero) is 1. The van der Waals surface area contributed by atoms with Crippen molar-refractivity contribution in [3.63, 3.8) is 0 Å². The summed E-state index contributed by atoms with van der Waals surface area (Å²) in [7, 11) is 0. The molecule has 1 rings (SSSR count). The molecule has 0 amide bonds. The molecule has 1 fully saturated rings. The third-order valence-corrected chi connectivity index (χ3v) is 4.54. The lowest BCUT2D eigenvalue weighted by Crippen LogP contribution is -2.22. The Morgan fingerprint density at radius 3 is 2.10 bits per heavy atom. The lowest BCUT2D eigenvalue weighted by Gasteiger charge is -2.21. The highest BCUT2D eigenvalue weighted by Crippen LogP contribution is 2.17. The summed E-state index contributed by atoms with van der Waals surface area (Å²) >= 11 is 0. The Bertz CT molecular complexity index is 244. The molecule has 0 saturated carbocycles. The maximum absolute atomic E-state index is 11.9. The average Bonchev–Trinajstić information content (AvgIpc) is 2.50. The van der Waals surface area contributed by atoms with Crippen molar-refractivity contribution >= 4 is 5.78 Å². The first-order valence-electron chi connectivity index (χ1n) is 9.46. The van der Waals surface area contributed by atoms with E-state index in [0.717, 1.165) is 25.9 Å². The second-order valence-corrected chi connectivity index (χ2v) is 6.66. The van der Waals surface area contributed by atoms with Gasteiger partial charge in [-0.05, 0) is 25.7 Å². The fraction of sp³-hybridized carbons (Fsp3) is 0.947. The first kappa shape index (κ1) is 18.7. The van der Waals surface area contributed by atoms with E-state index >= 15 is 0 Å². The Kier molecular flexibility index (Phi) is 11.8. The molecule has 124 valence electrons. The SMILES string of the molecule is CCCCCCCCCCCCC(=O)CC1CCCCO1. The van der Waals surface area contributed by atoms with E-state index in [1.807, 2.05) is 0 Å². The summed E-state index contributed by atoms with van der Waals surface area (Å²) in [5, 5.41) is 0. The summed E-state index contributed by atoms with van der Waals surface area (Å²) in [6.07, 6.45) is 18.5. The molecule has 0 bridgehead atoms. The molecule has 0 aromatic heterocycles. The lowest BCUT2D eigenvalue weighted by atomic mass is 10.0. The van der Waals surface area contributed by atoms with Gasteiger partial charge in [0.1, 0.15) is 5.78 Å². The normalized spacial score (nSPS) is 18.8. The van der Waals surface area contributed by atoms with Crippen LogP contribution < -0.4 is 0 Å². The molecule has 0 spiro atoms. The van der Waals surface area contributed by atoms with Gasteiger partial charge in [-0.25, -0.2) is 0 Å². The molecule has 1 aliphatic heterocycles. The number of ketones is 1. The zero-order chi connectivity index (χ0) is 15.2. The molecule has 1 saturated heterocycles. The Hall–Kier alpha value is -0.370. The third-order valence-electron chi connectivity index (χ3n) is 4.54. The Morgan fingerprint density at radius 1 is 0.905 bits per heavy atom. The van der Waals surface area contributed by atoms with E-state index < -0.39 is 0 Å². The third kappa shape index (κ3) is 10.9. The highest BCUT2D eigenvalue weighted by molar-refractivity contribution is 5.78. The van der Waals surface area contributed by atoms with E-state index in [-0.39, 0.29) is 6.10 Å². The number of ether oxygens (including phenoxy) is 1. The van der Waals surface area contributed by atoms with Crippen LogP contribution in [-0.2, 0) is 9.53 Å². The quantitative estimate of drug-likeness (QED) is 0.400. The highest BCUT2D eigenvalue weighted by Gasteiger charge is 2.16. The minimum atomic E-state index is 0.231. The zero-order valence-corrected chi connectivity index (χ0v) is 14.2. The van der Waals surface area contributed by atoms with Crippen LogP contribution in [0.1, 0.15) is 103 Å². The molecule has 1 atom stereocenters. The number of hydrogen-bond donors (Lipinski definition) is 0. The van der Waals surface area contributed by atoms with Crippen molar-refractivity contribution in [1.29, 1.82) is 0 Å². The van der Waals surface area contributed by atoms with Crippen molar-refractivity contribution < 1.29 is 9.53 Å². The summed E-state index contributed by atoms with van der Waals surface area (Å²) in [6.45, 7) is 3.12. The summed E-state index contributed by atoms with van der Waals surface area (Å²) in [5.41, 5.74) is 0. The number of carbonyl (C=O) groups excluding carboxylic acids is 1. The van der Waals surface area contributed by atoms with Gasteiger partial charge in [-0.1, -0.05) is 64.7 Å².